The van der Waals surface area contributed by atoms with E-state index >= 15 is 0 Å². The van der Waals surface area contributed by atoms with Crippen LogP contribution in [0.5, 0.6) is 0 Å². The first kappa shape index (κ1) is 14.0. The Hall–Kier alpha value is -1.92. The highest BCUT2D eigenvalue weighted by molar-refractivity contribution is 7.13. The monoisotopic (exact) mass is 317 g/mol. The van der Waals surface area contributed by atoms with E-state index in [9.17, 15) is 4.79 Å². The van der Waals surface area contributed by atoms with Gasteiger partial charge >= 0.3 is 0 Å². The van der Waals surface area contributed by atoms with E-state index in [1.54, 1.807) is 16.7 Å². The number of hydrogen-bond acceptors (Lipinski definition) is 4. The lowest BCUT2D eigenvalue weighted by Gasteiger charge is -2.02. The summed E-state index contributed by atoms with van der Waals surface area (Å²) >= 11 is 3.12. The number of aryl methyl sites for hydroxylation is 1. The van der Waals surface area contributed by atoms with E-state index in [-0.39, 0.29) is 5.91 Å². The molecular formula is C15H15N3OS2. The summed E-state index contributed by atoms with van der Waals surface area (Å²) in [6, 6.07) is 8.06. The minimum Gasteiger partial charge on any atom is -0.346 e. The summed E-state index contributed by atoms with van der Waals surface area (Å²) in [5.41, 5.74) is 2.68. The zero-order valence-electron chi connectivity index (χ0n) is 11.8. The van der Waals surface area contributed by atoms with Crippen molar-refractivity contribution in [2.24, 2.45) is 7.05 Å². The van der Waals surface area contributed by atoms with Crippen LogP contribution in [0.15, 0.2) is 35.0 Å². The fourth-order valence-corrected chi connectivity index (χ4v) is 3.50. The zero-order chi connectivity index (χ0) is 14.8. The smallest absolute Gasteiger partial charge is 0.271 e. The molecule has 6 heteroatoms. The van der Waals surface area contributed by atoms with Crippen LogP contribution in [0.1, 0.15) is 21.1 Å². The van der Waals surface area contributed by atoms with Crippen molar-refractivity contribution in [2.75, 3.05) is 0 Å². The highest BCUT2D eigenvalue weighted by Crippen LogP contribution is 2.25. The third-order valence-electron chi connectivity index (χ3n) is 3.33. The van der Waals surface area contributed by atoms with Gasteiger partial charge in [-0.15, -0.1) is 22.7 Å². The number of nitrogens with zero attached hydrogens (tertiary/aromatic N) is 2. The molecule has 0 aliphatic rings. The van der Waals surface area contributed by atoms with E-state index < -0.39 is 0 Å². The number of thiophene rings is 1. The van der Waals surface area contributed by atoms with Crippen molar-refractivity contribution in [2.45, 2.75) is 13.5 Å². The molecule has 0 aliphatic heterocycles. The molecule has 3 rings (SSSR count). The topological polar surface area (TPSA) is 46.9 Å². The summed E-state index contributed by atoms with van der Waals surface area (Å²) in [6.07, 6.45) is 0. The second-order valence-electron chi connectivity index (χ2n) is 4.72. The standard InChI is InChI=1S/C15H15N3OS2/c1-10-5-6-13(18(10)2)15-17-12(9-21-15)14(19)16-8-11-4-3-7-20-11/h3-7,9H,8H2,1-2H3,(H,16,19). The van der Waals surface area contributed by atoms with Gasteiger partial charge in [-0.05, 0) is 30.5 Å². The highest BCUT2D eigenvalue weighted by Gasteiger charge is 2.13. The molecule has 4 nitrogen and oxygen atoms in total. The average molecular weight is 317 g/mol. The predicted molar refractivity (Wildman–Crippen MR) is 86.7 cm³/mol. The van der Waals surface area contributed by atoms with Crippen LogP contribution >= 0.6 is 22.7 Å². The number of aromatic nitrogens is 2. The molecule has 0 aromatic carbocycles. The van der Waals surface area contributed by atoms with Crippen LogP contribution in [0.2, 0.25) is 0 Å². The SMILES string of the molecule is Cc1ccc(-c2nc(C(=O)NCc3cccs3)cs2)n1C. The van der Waals surface area contributed by atoms with E-state index in [1.807, 2.05) is 43.6 Å². The Morgan fingerprint density at radius 2 is 2.19 bits per heavy atom. The van der Waals surface area contributed by atoms with Gasteiger partial charge in [0.1, 0.15) is 10.7 Å². The molecule has 21 heavy (non-hydrogen) atoms. The summed E-state index contributed by atoms with van der Waals surface area (Å²) in [5, 5.41) is 7.57. The normalized spacial score (nSPS) is 10.8. The summed E-state index contributed by atoms with van der Waals surface area (Å²) in [5.74, 6) is -0.128. The van der Waals surface area contributed by atoms with Crippen molar-refractivity contribution in [3.63, 3.8) is 0 Å². The molecule has 0 saturated carbocycles. The van der Waals surface area contributed by atoms with Gasteiger partial charge in [-0.2, -0.15) is 0 Å². The number of carbonyl (C=O) groups is 1. The van der Waals surface area contributed by atoms with Crippen LogP contribution in [-0.4, -0.2) is 15.5 Å². The Balaban J connectivity index is 1.72. The molecule has 3 aromatic rings. The Labute approximate surface area is 131 Å². The third kappa shape index (κ3) is 2.91. The van der Waals surface area contributed by atoms with Gasteiger partial charge in [0.25, 0.3) is 5.91 Å². The third-order valence-corrected chi connectivity index (χ3v) is 5.07. The number of thiazole rings is 1. The molecule has 0 saturated heterocycles. The summed E-state index contributed by atoms with van der Waals surface area (Å²) in [7, 11) is 2.00. The molecule has 0 bridgehead atoms. The molecule has 3 heterocycles. The maximum atomic E-state index is 12.1. The Bertz CT molecular complexity index is 756. The van der Waals surface area contributed by atoms with E-state index in [0.29, 0.717) is 12.2 Å². The van der Waals surface area contributed by atoms with Crippen molar-refractivity contribution in [3.05, 3.63) is 51.3 Å². The number of hydrogen-bond donors (Lipinski definition) is 1. The molecule has 1 N–H and O–H groups in total. The van der Waals surface area contributed by atoms with Crippen molar-refractivity contribution < 1.29 is 4.79 Å². The molecule has 0 spiro atoms. The van der Waals surface area contributed by atoms with Crippen LogP contribution in [0.4, 0.5) is 0 Å². The molecule has 0 fully saturated rings. The Morgan fingerprint density at radius 1 is 1.33 bits per heavy atom. The van der Waals surface area contributed by atoms with Gasteiger partial charge in [0, 0.05) is 23.0 Å². The lowest BCUT2D eigenvalue weighted by atomic mass is 10.4. The first-order valence-corrected chi connectivity index (χ1v) is 8.30. The second-order valence-corrected chi connectivity index (χ2v) is 6.61. The van der Waals surface area contributed by atoms with Crippen LogP contribution < -0.4 is 5.32 Å². The lowest BCUT2D eigenvalue weighted by molar-refractivity contribution is 0.0947. The van der Waals surface area contributed by atoms with Crippen LogP contribution in [0, 0.1) is 6.92 Å². The van der Waals surface area contributed by atoms with Gasteiger partial charge in [0.05, 0.1) is 12.2 Å². The average Bonchev–Trinajstić information content (AvgIpc) is 3.19. The van der Waals surface area contributed by atoms with Gasteiger partial charge in [0.15, 0.2) is 0 Å². The van der Waals surface area contributed by atoms with Crippen molar-refractivity contribution in [1.29, 1.82) is 0 Å². The molecule has 1 amide bonds. The van der Waals surface area contributed by atoms with Gasteiger partial charge in [-0.3, -0.25) is 4.79 Å². The number of rotatable bonds is 4. The van der Waals surface area contributed by atoms with Crippen LogP contribution in [-0.2, 0) is 13.6 Å². The van der Waals surface area contributed by atoms with Crippen LogP contribution in [0.25, 0.3) is 10.7 Å². The van der Waals surface area contributed by atoms with Gasteiger partial charge in [0.2, 0.25) is 0 Å². The number of amides is 1. The zero-order valence-corrected chi connectivity index (χ0v) is 13.4. The van der Waals surface area contributed by atoms with Crippen molar-refractivity contribution in [3.8, 4) is 10.7 Å². The number of carbonyl (C=O) groups excluding carboxylic acids is 1. The lowest BCUT2D eigenvalue weighted by Crippen LogP contribution is -2.22. The van der Waals surface area contributed by atoms with Gasteiger partial charge in [-0.1, -0.05) is 6.07 Å². The van der Waals surface area contributed by atoms with Crippen molar-refractivity contribution >= 4 is 28.6 Å². The van der Waals surface area contributed by atoms with Gasteiger partial charge in [-0.25, -0.2) is 4.98 Å². The Kier molecular flexibility index (Phi) is 3.90. The van der Waals surface area contributed by atoms with E-state index in [4.69, 9.17) is 0 Å². The quantitative estimate of drug-likeness (QED) is 0.801. The molecule has 0 unspecified atom stereocenters. The molecule has 0 atom stereocenters. The summed E-state index contributed by atoms with van der Waals surface area (Å²) in [6.45, 7) is 2.60. The first-order chi connectivity index (χ1) is 10.1. The highest BCUT2D eigenvalue weighted by atomic mass is 32.1. The fourth-order valence-electron chi connectivity index (χ4n) is 1.99. The molecule has 3 aromatic heterocycles. The van der Waals surface area contributed by atoms with Crippen LogP contribution in [0.3, 0.4) is 0 Å². The second kappa shape index (κ2) is 5.83. The predicted octanol–water partition coefficient (Wildman–Crippen LogP) is 3.45. The maximum absolute atomic E-state index is 12.1. The number of nitrogens with one attached hydrogen (secondary N) is 1. The molecule has 0 aliphatic carbocycles. The largest absolute Gasteiger partial charge is 0.346 e. The Morgan fingerprint density at radius 3 is 2.86 bits per heavy atom. The minimum atomic E-state index is -0.128. The first-order valence-electron chi connectivity index (χ1n) is 6.54. The fraction of sp³-hybridized carbons (Fsp3) is 0.200. The molecular weight excluding hydrogens is 302 g/mol. The maximum Gasteiger partial charge on any atom is 0.271 e. The summed E-state index contributed by atoms with van der Waals surface area (Å²) < 4.78 is 2.08. The minimum absolute atomic E-state index is 0.128. The molecule has 0 radical (unpaired) electrons. The van der Waals surface area contributed by atoms with E-state index in [1.165, 1.54) is 17.0 Å². The van der Waals surface area contributed by atoms with Gasteiger partial charge < -0.3 is 9.88 Å². The van der Waals surface area contributed by atoms with E-state index in [2.05, 4.69) is 14.9 Å². The van der Waals surface area contributed by atoms with Crippen molar-refractivity contribution in [1.82, 2.24) is 14.9 Å². The van der Waals surface area contributed by atoms with E-state index in [0.717, 1.165) is 15.6 Å². The summed E-state index contributed by atoms with van der Waals surface area (Å²) in [4.78, 5) is 17.7. The molecule has 108 valence electrons.